The Hall–Kier alpha value is -2.04. The number of para-hydroxylation sites is 1. The molecule has 1 aromatic carbocycles. The highest BCUT2D eigenvalue weighted by Crippen LogP contribution is 2.31. The van der Waals surface area contributed by atoms with Crippen molar-refractivity contribution in [2.24, 2.45) is 5.92 Å². The second kappa shape index (κ2) is 6.41. The molecule has 2 atom stereocenters. The zero-order valence-corrected chi connectivity index (χ0v) is 11.6. The maximum atomic E-state index is 12.2. The fourth-order valence-electron chi connectivity index (χ4n) is 2.40. The molecule has 2 unspecified atom stereocenters. The molecule has 0 saturated heterocycles. The predicted molar refractivity (Wildman–Crippen MR) is 76.7 cm³/mol. The standard InChI is InChI=1S/C15H20N2O3/c1-10(15(19)20)6-8-17-14(18)12-7-9-16-13-5-3-2-4-11(12)13/h2-5,10,12,16H,6-9H2,1H3,(H,17,18)(H,19,20). The fraction of sp³-hybridized carbons (Fsp3) is 0.467. The molecule has 1 aromatic rings. The van der Waals surface area contributed by atoms with Crippen molar-refractivity contribution < 1.29 is 14.7 Å². The summed E-state index contributed by atoms with van der Waals surface area (Å²) in [5.74, 6) is -1.42. The van der Waals surface area contributed by atoms with Crippen molar-refractivity contribution in [3.8, 4) is 0 Å². The van der Waals surface area contributed by atoms with Crippen LogP contribution in [0, 0.1) is 5.92 Å². The van der Waals surface area contributed by atoms with Gasteiger partial charge in [-0.25, -0.2) is 0 Å². The van der Waals surface area contributed by atoms with Crippen molar-refractivity contribution in [2.45, 2.75) is 25.7 Å². The molecule has 0 saturated carbocycles. The monoisotopic (exact) mass is 276 g/mol. The number of carbonyl (C=O) groups is 2. The van der Waals surface area contributed by atoms with E-state index < -0.39 is 11.9 Å². The largest absolute Gasteiger partial charge is 0.481 e. The summed E-state index contributed by atoms with van der Waals surface area (Å²) >= 11 is 0. The Morgan fingerprint density at radius 2 is 2.20 bits per heavy atom. The van der Waals surface area contributed by atoms with Gasteiger partial charge in [-0.15, -0.1) is 0 Å². The van der Waals surface area contributed by atoms with Crippen molar-refractivity contribution in [3.63, 3.8) is 0 Å². The lowest BCUT2D eigenvalue weighted by atomic mass is 9.90. The van der Waals surface area contributed by atoms with E-state index in [0.29, 0.717) is 13.0 Å². The van der Waals surface area contributed by atoms with Crippen LogP contribution >= 0.6 is 0 Å². The van der Waals surface area contributed by atoms with E-state index in [1.54, 1.807) is 6.92 Å². The Morgan fingerprint density at radius 3 is 2.95 bits per heavy atom. The Bertz CT molecular complexity index is 502. The molecule has 1 aliphatic heterocycles. The summed E-state index contributed by atoms with van der Waals surface area (Å²) in [6.45, 7) is 2.83. The van der Waals surface area contributed by atoms with Crippen LogP contribution in [-0.2, 0) is 9.59 Å². The molecule has 1 amide bonds. The number of benzene rings is 1. The molecule has 0 radical (unpaired) electrons. The van der Waals surface area contributed by atoms with Gasteiger partial charge >= 0.3 is 5.97 Å². The highest BCUT2D eigenvalue weighted by Gasteiger charge is 2.25. The summed E-state index contributed by atoms with van der Waals surface area (Å²) < 4.78 is 0. The van der Waals surface area contributed by atoms with Gasteiger partial charge < -0.3 is 15.7 Å². The van der Waals surface area contributed by atoms with Gasteiger partial charge in [-0.3, -0.25) is 9.59 Å². The third kappa shape index (κ3) is 3.29. The normalized spacial score (nSPS) is 18.6. The number of nitrogens with one attached hydrogen (secondary N) is 2. The average Bonchev–Trinajstić information content (AvgIpc) is 2.46. The number of rotatable bonds is 5. The first kappa shape index (κ1) is 14.4. The highest BCUT2D eigenvalue weighted by atomic mass is 16.4. The SMILES string of the molecule is CC(CCNC(=O)C1CCNc2ccccc21)C(=O)O. The van der Waals surface area contributed by atoms with Crippen molar-refractivity contribution in [1.82, 2.24) is 5.32 Å². The molecule has 0 fully saturated rings. The number of carboxylic acid groups (broad SMARTS) is 1. The van der Waals surface area contributed by atoms with Crippen LogP contribution < -0.4 is 10.6 Å². The van der Waals surface area contributed by atoms with Crippen molar-refractivity contribution in [1.29, 1.82) is 0 Å². The third-order valence-electron chi connectivity index (χ3n) is 3.70. The van der Waals surface area contributed by atoms with E-state index in [-0.39, 0.29) is 11.8 Å². The topological polar surface area (TPSA) is 78.4 Å². The lowest BCUT2D eigenvalue weighted by Gasteiger charge is -2.26. The number of aliphatic carboxylic acids is 1. The van der Waals surface area contributed by atoms with Crippen LogP contribution in [0.1, 0.15) is 31.2 Å². The molecular formula is C15H20N2O3. The van der Waals surface area contributed by atoms with Gasteiger partial charge in [-0.2, -0.15) is 0 Å². The summed E-state index contributed by atoms with van der Waals surface area (Å²) in [7, 11) is 0. The lowest BCUT2D eigenvalue weighted by molar-refractivity contribution is -0.141. The predicted octanol–water partition coefficient (Wildman–Crippen LogP) is 1.81. The van der Waals surface area contributed by atoms with Gasteiger partial charge in [-0.05, 0) is 24.5 Å². The lowest BCUT2D eigenvalue weighted by Crippen LogP contribution is -2.34. The molecule has 1 aliphatic rings. The first-order valence-corrected chi connectivity index (χ1v) is 6.93. The minimum Gasteiger partial charge on any atom is -0.481 e. The minimum absolute atomic E-state index is 0.0171. The van der Waals surface area contributed by atoms with E-state index >= 15 is 0 Å². The Morgan fingerprint density at radius 1 is 1.45 bits per heavy atom. The highest BCUT2D eigenvalue weighted by molar-refractivity contribution is 5.86. The van der Waals surface area contributed by atoms with Gasteiger partial charge in [0.25, 0.3) is 0 Å². The third-order valence-corrected chi connectivity index (χ3v) is 3.70. The molecule has 0 bridgehead atoms. The molecule has 2 rings (SSSR count). The summed E-state index contributed by atoms with van der Waals surface area (Å²) in [6, 6.07) is 7.81. The molecule has 108 valence electrons. The number of hydrogen-bond acceptors (Lipinski definition) is 3. The second-order valence-electron chi connectivity index (χ2n) is 5.17. The van der Waals surface area contributed by atoms with Gasteiger partial charge in [0.15, 0.2) is 0 Å². The van der Waals surface area contributed by atoms with Crippen LogP contribution in [0.3, 0.4) is 0 Å². The number of carbonyl (C=O) groups excluding carboxylic acids is 1. The number of amides is 1. The van der Waals surface area contributed by atoms with Crippen molar-refractivity contribution >= 4 is 17.6 Å². The summed E-state index contributed by atoms with van der Waals surface area (Å²) in [6.07, 6.45) is 1.21. The molecule has 3 N–H and O–H groups in total. The van der Waals surface area contributed by atoms with Crippen LogP contribution in [0.5, 0.6) is 0 Å². The molecule has 1 heterocycles. The molecular weight excluding hydrogens is 256 g/mol. The number of carboxylic acids is 1. The molecule has 20 heavy (non-hydrogen) atoms. The average molecular weight is 276 g/mol. The maximum absolute atomic E-state index is 12.2. The van der Waals surface area contributed by atoms with Crippen molar-refractivity contribution in [3.05, 3.63) is 29.8 Å². The van der Waals surface area contributed by atoms with Crippen LogP contribution in [0.25, 0.3) is 0 Å². The molecule has 5 nitrogen and oxygen atoms in total. The summed E-state index contributed by atoms with van der Waals surface area (Å²) in [4.78, 5) is 22.9. The maximum Gasteiger partial charge on any atom is 0.306 e. The number of fused-ring (bicyclic) bond motifs is 1. The van der Waals surface area contributed by atoms with Crippen LogP contribution in [0.15, 0.2) is 24.3 Å². The van der Waals surface area contributed by atoms with E-state index in [1.165, 1.54) is 0 Å². The molecule has 0 aromatic heterocycles. The van der Waals surface area contributed by atoms with E-state index in [4.69, 9.17) is 5.11 Å². The second-order valence-corrected chi connectivity index (χ2v) is 5.17. The first-order chi connectivity index (χ1) is 9.59. The van der Waals surface area contributed by atoms with Gasteiger partial charge in [-0.1, -0.05) is 25.1 Å². The van der Waals surface area contributed by atoms with E-state index in [2.05, 4.69) is 10.6 Å². The van der Waals surface area contributed by atoms with E-state index in [0.717, 1.165) is 24.2 Å². The van der Waals surface area contributed by atoms with Crippen LogP contribution in [0.4, 0.5) is 5.69 Å². The minimum atomic E-state index is -0.827. The number of anilines is 1. The molecule has 0 spiro atoms. The van der Waals surface area contributed by atoms with E-state index in [9.17, 15) is 9.59 Å². The quantitative estimate of drug-likeness (QED) is 0.766. The van der Waals surface area contributed by atoms with Gasteiger partial charge in [0.05, 0.1) is 11.8 Å². The summed E-state index contributed by atoms with van der Waals surface area (Å²) in [5.41, 5.74) is 2.03. The van der Waals surface area contributed by atoms with Gasteiger partial charge in [0, 0.05) is 18.8 Å². The Kier molecular flexibility index (Phi) is 4.61. The smallest absolute Gasteiger partial charge is 0.306 e. The Balaban J connectivity index is 1.92. The summed E-state index contributed by atoms with van der Waals surface area (Å²) in [5, 5.41) is 14.9. The van der Waals surface area contributed by atoms with Crippen molar-refractivity contribution in [2.75, 3.05) is 18.4 Å². The molecule has 0 aliphatic carbocycles. The van der Waals surface area contributed by atoms with Gasteiger partial charge in [0.2, 0.25) is 5.91 Å². The number of hydrogen-bond donors (Lipinski definition) is 3. The zero-order chi connectivity index (χ0) is 14.5. The van der Waals surface area contributed by atoms with Crippen LogP contribution in [0.2, 0.25) is 0 Å². The zero-order valence-electron chi connectivity index (χ0n) is 11.6. The van der Waals surface area contributed by atoms with Gasteiger partial charge in [0.1, 0.15) is 0 Å². The Labute approximate surface area is 118 Å². The first-order valence-electron chi connectivity index (χ1n) is 6.93. The van der Waals surface area contributed by atoms with E-state index in [1.807, 2.05) is 24.3 Å². The fourth-order valence-corrected chi connectivity index (χ4v) is 2.40. The molecule has 5 heteroatoms. The van der Waals surface area contributed by atoms with Crippen LogP contribution in [-0.4, -0.2) is 30.1 Å².